The maximum absolute atomic E-state index is 6.47. The number of hydrogen-bond acceptors (Lipinski definition) is 1. The van der Waals surface area contributed by atoms with Crippen molar-refractivity contribution < 1.29 is 0 Å². The summed E-state index contributed by atoms with van der Waals surface area (Å²) in [6.07, 6.45) is 3.82. The van der Waals surface area contributed by atoms with Gasteiger partial charge in [0.05, 0.1) is 16.6 Å². The van der Waals surface area contributed by atoms with E-state index in [1.165, 1.54) is 30.2 Å². The standard InChI is InChI=1S/C16H19ClN2.ClH/c1-2-18-9-10-19-15-11(5-3-7-13(15)17)12-6-4-8-14(18)16(12)19;/h3,5,7,14H,2,4,6,8-10H2,1H3;1H. The smallest absolute Gasteiger partial charge is 0.0675 e. The molecule has 2 nitrogen and oxygen atoms in total. The summed E-state index contributed by atoms with van der Waals surface area (Å²) < 4.78 is 2.50. The molecule has 0 amide bonds. The predicted molar refractivity (Wildman–Crippen MR) is 87.1 cm³/mol. The molecule has 1 aromatic carbocycles. The zero-order valence-corrected chi connectivity index (χ0v) is 13.3. The summed E-state index contributed by atoms with van der Waals surface area (Å²) in [6.45, 7) is 5.67. The van der Waals surface area contributed by atoms with Crippen molar-refractivity contribution in [2.45, 2.75) is 38.8 Å². The fourth-order valence-corrected chi connectivity index (χ4v) is 4.33. The molecule has 0 radical (unpaired) electrons. The van der Waals surface area contributed by atoms with E-state index in [-0.39, 0.29) is 12.4 Å². The Labute approximate surface area is 131 Å². The number of likely N-dealkylation sites (N-methyl/N-ethyl adjacent to an activating group) is 1. The molecule has 0 saturated heterocycles. The topological polar surface area (TPSA) is 8.17 Å². The van der Waals surface area contributed by atoms with Crippen molar-refractivity contribution in [2.24, 2.45) is 0 Å². The quantitative estimate of drug-likeness (QED) is 0.756. The second kappa shape index (κ2) is 5.25. The van der Waals surface area contributed by atoms with Gasteiger partial charge in [0.25, 0.3) is 0 Å². The number of aromatic nitrogens is 1. The Morgan fingerprint density at radius 1 is 1.30 bits per heavy atom. The van der Waals surface area contributed by atoms with Gasteiger partial charge >= 0.3 is 0 Å². The van der Waals surface area contributed by atoms with Crippen molar-refractivity contribution in [2.75, 3.05) is 13.1 Å². The van der Waals surface area contributed by atoms with Gasteiger partial charge in [0, 0.05) is 24.2 Å². The minimum atomic E-state index is 0. The molecule has 0 spiro atoms. The van der Waals surface area contributed by atoms with Crippen LogP contribution in [0, 0.1) is 0 Å². The number of para-hydroxylation sites is 1. The van der Waals surface area contributed by atoms with Crippen LogP contribution >= 0.6 is 24.0 Å². The van der Waals surface area contributed by atoms with Crippen LogP contribution in [0.5, 0.6) is 0 Å². The fraction of sp³-hybridized carbons (Fsp3) is 0.500. The lowest BCUT2D eigenvalue weighted by Crippen LogP contribution is -2.39. The van der Waals surface area contributed by atoms with Crippen LogP contribution in [0.15, 0.2) is 18.2 Å². The van der Waals surface area contributed by atoms with Crippen molar-refractivity contribution in [3.05, 3.63) is 34.5 Å². The molecule has 1 aliphatic carbocycles. The highest BCUT2D eigenvalue weighted by Crippen LogP contribution is 2.43. The lowest BCUT2D eigenvalue weighted by atomic mass is 9.90. The maximum atomic E-state index is 6.47. The van der Waals surface area contributed by atoms with Crippen molar-refractivity contribution >= 4 is 34.9 Å². The molecule has 2 aliphatic rings. The van der Waals surface area contributed by atoms with Crippen molar-refractivity contribution in [1.29, 1.82) is 0 Å². The summed E-state index contributed by atoms with van der Waals surface area (Å²) in [5.41, 5.74) is 4.39. The number of rotatable bonds is 1. The highest BCUT2D eigenvalue weighted by atomic mass is 35.5. The van der Waals surface area contributed by atoms with E-state index < -0.39 is 0 Å². The van der Waals surface area contributed by atoms with Crippen molar-refractivity contribution in [3.63, 3.8) is 0 Å². The predicted octanol–water partition coefficient (Wildman–Crippen LogP) is 4.43. The van der Waals surface area contributed by atoms with Crippen LogP contribution in [0.3, 0.4) is 0 Å². The minimum absolute atomic E-state index is 0. The normalized spacial score (nSPS) is 21.6. The van der Waals surface area contributed by atoms with Gasteiger partial charge in [0.15, 0.2) is 0 Å². The molecule has 0 bridgehead atoms. The summed E-state index contributed by atoms with van der Waals surface area (Å²) in [7, 11) is 0. The SMILES string of the molecule is CCN1CCn2c3c(c4cccc(Cl)c42)CCCC31.Cl. The van der Waals surface area contributed by atoms with E-state index in [0.29, 0.717) is 6.04 Å². The number of hydrogen-bond donors (Lipinski definition) is 0. The van der Waals surface area contributed by atoms with E-state index in [1.54, 1.807) is 11.3 Å². The Bertz CT molecular complexity index is 647. The highest BCUT2D eigenvalue weighted by Gasteiger charge is 2.34. The van der Waals surface area contributed by atoms with Gasteiger partial charge in [0.2, 0.25) is 0 Å². The average Bonchev–Trinajstić information content (AvgIpc) is 2.77. The first-order valence-electron chi connectivity index (χ1n) is 7.34. The molecule has 2 aromatic rings. The Morgan fingerprint density at radius 2 is 2.15 bits per heavy atom. The van der Waals surface area contributed by atoms with E-state index in [2.05, 4.69) is 28.5 Å². The molecule has 0 N–H and O–H groups in total. The van der Waals surface area contributed by atoms with Crippen LogP contribution in [0.25, 0.3) is 10.9 Å². The van der Waals surface area contributed by atoms with Gasteiger partial charge in [-0.2, -0.15) is 0 Å². The number of fused-ring (bicyclic) bond motifs is 3. The van der Waals surface area contributed by atoms with Gasteiger partial charge in [-0.15, -0.1) is 12.4 Å². The van der Waals surface area contributed by atoms with E-state index in [4.69, 9.17) is 11.6 Å². The number of nitrogens with zero attached hydrogens (tertiary/aromatic N) is 2. The Balaban J connectivity index is 0.00000121. The molecule has 4 rings (SSSR count). The van der Waals surface area contributed by atoms with Crippen LogP contribution < -0.4 is 0 Å². The zero-order chi connectivity index (χ0) is 13.0. The molecule has 0 fully saturated rings. The summed E-state index contributed by atoms with van der Waals surface area (Å²) in [6, 6.07) is 6.99. The molecule has 2 heterocycles. The number of aryl methyl sites for hydroxylation is 1. The van der Waals surface area contributed by atoms with E-state index in [9.17, 15) is 0 Å². The molecular formula is C16H20Cl2N2. The molecule has 1 unspecified atom stereocenters. The number of halogens is 2. The average molecular weight is 311 g/mol. The number of benzene rings is 1. The lowest BCUT2D eigenvalue weighted by molar-refractivity contribution is 0.149. The largest absolute Gasteiger partial charge is 0.340 e. The first kappa shape index (κ1) is 14.2. The molecule has 4 heteroatoms. The zero-order valence-electron chi connectivity index (χ0n) is 11.7. The van der Waals surface area contributed by atoms with Gasteiger partial charge in [-0.05, 0) is 37.4 Å². The monoisotopic (exact) mass is 310 g/mol. The van der Waals surface area contributed by atoms with Crippen LogP contribution in [0.1, 0.15) is 37.1 Å². The van der Waals surface area contributed by atoms with Crippen LogP contribution in [0.2, 0.25) is 5.02 Å². The molecule has 0 saturated carbocycles. The first-order valence-corrected chi connectivity index (χ1v) is 7.72. The van der Waals surface area contributed by atoms with Crippen LogP contribution in [-0.4, -0.2) is 22.6 Å². The lowest BCUT2D eigenvalue weighted by Gasteiger charge is -2.39. The van der Waals surface area contributed by atoms with Crippen LogP contribution in [-0.2, 0) is 13.0 Å². The Hall–Kier alpha value is -0.700. The van der Waals surface area contributed by atoms with Crippen LogP contribution in [0.4, 0.5) is 0 Å². The van der Waals surface area contributed by atoms with Gasteiger partial charge in [-0.1, -0.05) is 30.7 Å². The maximum Gasteiger partial charge on any atom is 0.0675 e. The van der Waals surface area contributed by atoms with E-state index >= 15 is 0 Å². The van der Waals surface area contributed by atoms with Crippen molar-refractivity contribution in [1.82, 2.24) is 9.47 Å². The van der Waals surface area contributed by atoms with Gasteiger partial charge in [-0.3, -0.25) is 4.90 Å². The third-order valence-electron chi connectivity index (χ3n) is 4.86. The van der Waals surface area contributed by atoms with Gasteiger partial charge < -0.3 is 4.57 Å². The molecule has 1 aliphatic heterocycles. The second-order valence-electron chi connectivity index (χ2n) is 5.69. The Morgan fingerprint density at radius 3 is 2.95 bits per heavy atom. The molecule has 1 atom stereocenters. The Kier molecular flexibility index (Phi) is 3.74. The summed E-state index contributed by atoms with van der Waals surface area (Å²) in [5.74, 6) is 0. The second-order valence-corrected chi connectivity index (χ2v) is 6.10. The minimum Gasteiger partial charge on any atom is -0.340 e. The van der Waals surface area contributed by atoms with Crippen molar-refractivity contribution in [3.8, 4) is 0 Å². The molecule has 1 aromatic heterocycles. The fourth-order valence-electron chi connectivity index (χ4n) is 4.06. The first-order chi connectivity index (χ1) is 9.31. The highest BCUT2D eigenvalue weighted by molar-refractivity contribution is 6.35. The third kappa shape index (κ3) is 1.82. The van der Waals surface area contributed by atoms with Gasteiger partial charge in [0.1, 0.15) is 0 Å². The van der Waals surface area contributed by atoms with E-state index in [0.717, 1.165) is 24.7 Å². The third-order valence-corrected chi connectivity index (χ3v) is 5.16. The summed E-state index contributed by atoms with van der Waals surface area (Å²) in [4.78, 5) is 2.63. The summed E-state index contributed by atoms with van der Waals surface area (Å²) in [5, 5.41) is 2.31. The van der Waals surface area contributed by atoms with E-state index in [1.807, 2.05) is 6.07 Å². The van der Waals surface area contributed by atoms with Gasteiger partial charge in [-0.25, -0.2) is 0 Å². The molecule has 108 valence electrons. The summed E-state index contributed by atoms with van der Waals surface area (Å²) >= 11 is 6.47. The molecule has 20 heavy (non-hydrogen) atoms. The molecular weight excluding hydrogens is 291 g/mol.